The molecule has 0 aliphatic rings. The molecule has 0 atom stereocenters. The Balaban J connectivity index is 1.77. The van der Waals surface area contributed by atoms with Crippen molar-refractivity contribution in [1.82, 2.24) is 14.8 Å². The first kappa shape index (κ1) is 17.5. The van der Waals surface area contributed by atoms with Crippen molar-refractivity contribution in [2.45, 2.75) is 40.8 Å². The minimum absolute atomic E-state index is 0.375. The van der Waals surface area contributed by atoms with Gasteiger partial charge in [-0.15, -0.1) is 0 Å². The number of hydrogen-bond acceptors (Lipinski definition) is 4. The Morgan fingerprint density at radius 3 is 2.80 bits per heavy atom. The first-order valence-corrected chi connectivity index (χ1v) is 8.79. The van der Waals surface area contributed by atoms with Crippen LogP contribution in [0.15, 0.2) is 34.7 Å². The maximum atomic E-state index is 5.92. The van der Waals surface area contributed by atoms with E-state index in [9.17, 15) is 0 Å². The number of nitrogens with zero attached hydrogens (tertiary/aromatic N) is 2. The monoisotopic (exact) mass is 357 g/mol. The predicted molar refractivity (Wildman–Crippen MR) is 100 cm³/mol. The molecular weight excluding hydrogens is 334 g/mol. The van der Waals surface area contributed by atoms with E-state index in [2.05, 4.69) is 43.1 Å². The van der Waals surface area contributed by atoms with Crippen molar-refractivity contribution in [1.29, 1.82) is 0 Å². The van der Waals surface area contributed by atoms with Gasteiger partial charge in [0.2, 0.25) is 0 Å². The summed E-state index contributed by atoms with van der Waals surface area (Å²) in [6.45, 7) is 9.54. The van der Waals surface area contributed by atoms with Gasteiger partial charge in [0.05, 0.1) is 0 Å². The molecule has 2 aromatic heterocycles. The summed E-state index contributed by atoms with van der Waals surface area (Å²) in [6.07, 6.45) is 0. The second kappa shape index (κ2) is 7.27. The highest BCUT2D eigenvalue weighted by Gasteiger charge is 2.14. The second-order valence-electron chi connectivity index (χ2n) is 6.68. The zero-order chi connectivity index (χ0) is 18.0. The number of H-pyrrole nitrogens is 1. The summed E-state index contributed by atoms with van der Waals surface area (Å²) in [5.74, 6) is 3.50. The van der Waals surface area contributed by atoms with Crippen molar-refractivity contribution < 1.29 is 9.15 Å². The van der Waals surface area contributed by atoms with Gasteiger partial charge in [0.1, 0.15) is 18.1 Å². The third-order valence-corrected chi connectivity index (χ3v) is 4.21. The number of hydrogen-bond donors (Lipinski definition) is 1. The number of aromatic amines is 1. The van der Waals surface area contributed by atoms with Crippen LogP contribution in [0.3, 0.4) is 0 Å². The highest BCUT2D eigenvalue weighted by atomic mass is 32.1. The molecule has 3 aromatic rings. The van der Waals surface area contributed by atoms with E-state index in [1.165, 1.54) is 5.56 Å². The van der Waals surface area contributed by atoms with Crippen molar-refractivity contribution >= 4 is 12.2 Å². The van der Waals surface area contributed by atoms with Gasteiger partial charge in [-0.25, -0.2) is 0 Å². The fourth-order valence-corrected chi connectivity index (χ4v) is 2.83. The maximum absolute atomic E-state index is 5.92. The zero-order valence-electron chi connectivity index (χ0n) is 15.0. The van der Waals surface area contributed by atoms with Crippen molar-refractivity contribution in [3.05, 3.63) is 52.0 Å². The molecule has 5 nitrogen and oxygen atoms in total. The predicted octanol–water partition coefficient (Wildman–Crippen LogP) is 5.05. The summed E-state index contributed by atoms with van der Waals surface area (Å²) >= 11 is 5.32. The number of furan rings is 1. The Morgan fingerprint density at radius 2 is 2.04 bits per heavy atom. The summed E-state index contributed by atoms with van der Waals surface area (Å²) in [6, 6.07) is 9.99. The van der Waals surface area contributed by atoms with Gasteiger partial charge in [-0.3, -0.25) is 9.67 Å². The molecule has 2 heterocycles. The highest BCUT2D eigenvalue weighted by molar-refractivity contribution is 7.71. The van der Waals surface area contributed by atoms with Crippen LogP contribution in [0.4, 0.5) is 0 Å². The number of aromatic nitrogens is 3. The quantitative estimate of drug-likeness (QED) is 0.627. The Labute approximate surface area is 152 Å². The van der Waals surface area contributed by atoms with Gasteiger partial charge < -0.3 is 9.15 Å². The molecule has 0 aliphatic carbocycles. The summed E-state index contributed by atoms with van der Waals surface area (Å²) < 4.78 is 14.4. The van der Waals surface area contributed by atoms with E-state index in [-0.39, 0.29) is 0 Å². The maximum Gasteiger partial charge on any atom is 0.198 e. The number of ether oxygens (including phenoxy) is 1. The van der Waals surface area contributed by atoms with E-state index in [0.29, 0.717) is 23.1 Å². The highest BCUT2D eigenvalue weighted by Crippen LogP contribution is 2.24. The van der Waals surface area contributed by atoms with Crippen molar-refractivity contribution in [2.75, 3.05) is 0 Å². The number of aryl methyl sites for hydroxylation is 2. The minimum atomic E-state index is 0.375. The van der Waals surface area contributed by atoms with E-state index in [4.69, 9.17) is 21.4 Å². The second-order valence-corrected chi connectivity index (χ2v) is 7.07. The third-order valence-electron chi connectivity index (χ3n) is 3.90. The molecule has 6 heteroatoms. The molecular formula is C19H23N3O2S. The van der Waals surface area contributed by atoms with Crippen LogP contribution in [-0.2, 0) is 13.2 Å². The topological polar surface area (TPSA) is 56.0 Å². The van der Waals surface area contributed by atoms with Crippen molar-refractivity contribution in [2.24, 2.45) is 5.92 Å². The molecule has 25 heavy (non-hydrogen) atoms. The lowest BCUT2D eigenvalue weighted by atomic mass is 10.1. The number of rotatable bonds is 6. The largest absolute Gasteiger partial charge is 0.485 e. The lowest BCUT2D eigenvalue weighted by molar-refractivity contribution is 0.270. The Bertz CT molecular complexity index is 921. The molecule has 0 spiro atoms. The average Bonchev–Trinajstić information content (AvgIpc) is 3.15. The average molecular weight is 357 g/mol. The molecule has 0 saturated carbocycles. The van der Waals surface area contributed by atoms with E-state index in [1.54, 1.807) is 0 Å². The van der Waals surface area contributed by atoms with Gasteiger partial charge in [-0.2, -0.15) is 5.10 Å². The molecule has 0 amide bonds. The molecule has 0 radical (unpaired) electrons. The van der Waals surface area contributed by atoms with Crippen LogP contribution in [0.2, 0.25) is 0 Å². The van der Waals surface area contributed by atoms with Gasteiger partial charge in [0.25, 0.3) is 0 Å². The SMILES string of the molecule is Cc1ccc(C)c(OCc2ccc(-c3n[nH]c(=S)n3CC(C)C)o2)c1. The third kappa shape index (κ3) is 4.02. The molecule has 0 saturated heterocycles. The lowest BCUT2D eigenvalue weighted by Gasteiger charge is -2.09. The number of benzene rings is 1. The molecule has 0 aliphatic heterocycles. The van der Waals surface area contributed by atoms with Crippen LogP contribution >= 0.6 is 12.2 Å². The van der Waals surface area contributed by atoms with Gasteiger partial charge in [0, 0.05) is 6.54 Å². The molecule has 1 N–H and O–H groups in total. The molecule has 0 fully saturated rings. The van der Waals surface area contributed by atoms with Gasteiger partial charge in [-0.1, -0.05) is 26.0 Å². The van der Waals surface area contributed by atoms with Crippen LogP contribution in [0.5, 0.6) is 5.75 Å². The van der Waals surface area contributed by atoms with Crippen molar-refractivity contribution in [3.8, 4) is 17.3 Å². The summed E-state index contributed by atoms with van der Waals surface area (Å²) in [4.78, 5) is 0. The first-order chi connectivity index (χ1) is 11.9. The Morgan fingerprint density at radius 1 is 1.24 bits per heavy atom. The normalized spacial score (nSPS) is 11.2. The summed E-state index contributed by atoms with van der Waals surface area (Å²) in [5, 5.41) is 7.15. The van der Waals surface area contributed by atoms with Crippen LogP contribution in [0, 0.1) is 24.5 Å². The van der Waals surface area contributed by atoms with Crippen LogP contribution < -0.4 is 4.74 Å². The molecule has 0 unspecified atom stereocenters. The number of nitrogens with one attached hydrogen (secondary N) is 1. The van der Waals surface area contributed by atoms with Gasteiger partial charge in [0.15, 0.2) is 16.4 Å². The summed E-state index contributed by atoms with van der Waals surface area (Å²) in [5.41, 5.74) is 2.28. The lowest BCUT2D eigenvalue weighted by Crippen LogP contribution is -2.06. The first-order valence-electron chi connectivity index (χ1n) is 8.38. The van der Waals surface area contributed by atoms with Gasteiger partial charge in [-0.05, 0) is 61.3 Å². The fourth-order valence-electron chi connectivity index (χ4n) is 2.63. The molecule has 0 bridgehead atoms. The van der Waals surface area contributed by atoms with Crippen LogP contribution in [0.25, 0.3) is 11.6 Å². The Kier molecular flexibility index (Phi) is 5.08. The molecule has 1 aromatic carbocycles. The van der Waals surface area contributed by atoms with E-state index in [0.717, 1.165) is 29.4 Å². The smallest absolute Gasteiger partial charge is 0.198 e. The van der Waals surface area contributed by atoms with E-state index in [1.807, 2.05) is 29.7 Å². The van der Waals surface area contributed by atoms with Crippen LogP contribution in [0.1, 0.15) is 30.7 Å². The minimum Gasteiger partial charge on any atom is -0.485 e. The molecule has 132 valence electrons. The van der Waals surface area contributed by atoms with Gasteiger partial charge >= 0.3 is 0 Å². The van der Waals surface area contributed by atoms with Crippen LogP contribution in [-0.4, -0.2) is 14.8 Å². The molecule has 3 rings (SSSR count). The summed E-state index contributed by atoms with van der Waals surface area (Å²) in [7, 11) is 0. The zero-order valence-corrected chi connectivity index (χ0v) is 15.8. The Hall–Kier alpha value is -2.34. The van der Waals surface area contributed by atoms with Crippen molar-refractivity contribution in [3.63, 3.8) is 0 Å². The van der Waals surface area contributed by atoms with E-state index >= 15 is 0 Å². The standard InChI is InChI=1S/C19H23N3O2S/c1-12(2)10-22-18(20-21-19(22)25)16-8-7-15(24-16)11-23-17-9-13(3)5-6-14(17)4/h5-9,12H,10-11H2,1-4H3,(H,21,25). The fraction of sp³-hybridized carbons (Fsp3) is 0.368. The van der Waals surface area contributed by atoms with E-state index < -0.39 is 0 Å².